The number of amides is 2. The molecule has 3 rings (SSSR count). The molecule has 1 aromatic rings. The molecule has 9 heteroatoms. The van der Waals surface area contributed by atoms with Crippen LogP contribution in [0.1, 0.15) is 50.4 Å². The fourth-order valence-electron chi connectivity index (χ4n) is 3.69. The Morgan fingerprint density at radius 3 is 2.64 bits per heavy atom. The SMILES string of the molecule is CC(C)(C)C[C@H](NC(=O)c1ccoc1)C(=O)N1CCC[C@H]2OCC(=O)[C@H]21.S.S. The lowest BCUT2D eigenvalue weighted by molar-refractivity contribution is -0.143. The lowest BCUT2D eigenvalue weighted by Gasteiger charge is -2.38. The second-order valence-corrected chi connectivity index (χ2v) is 8.24. The molecule has 0 unspecified atom stereocenters. The van der Waals surface area contributed by atoms with Crippen LogP contribution in [0.5, 0.6) is 0 Å². The van der Waals surface area contributed by atoms with Gasteiger partial charge in [-0.2, -0.15) is 27.0 Å². The minimum atomic E-state index is -0.704. The Hall–Kier alpha value is -1.45. The van der Waals surface area contributed by atoms with Crippen molar-refractivity contribution >= 4 is 44.6 Å². The molecule has 2 saturated heterocycles. The molecule has 28 heavy (non-hydrogen) atoms. The second kappa shape index (κ2) is 9.84. The van der Waals surface area contributed by atoms with E-state index in [9.17, 15) is 14.4 Å². The fourth-order valence-corrected chi connectivity index (χ4v) is 3.69. The van der Waals surface area contributed by atoms with Crippen molar-refractivity contribution < 1.29 is 23.5 Å². The molecule has 3 atom stereocenters. The summed E-state index contributed by atoms with van der Waals surface area (Å²) in [5.74, 6) is -0.632. The van der Waals surface area contributed by atoms with Crippen LogP contribution in [0.3, 0.4) is 0 Å². The normalized spacial score (nSPS) is 22.5. The van der Waals surface area contributed by atoms with Crippen LogP contribution in [0.25, 0.3) is 0 Å². The van der Waals surface area contributed by atoms with Crippen molar-refractivity contribution in [1.82, 2.24) is 10.2 Å². The molecule has 7 nitrogen and oxygen atoms in total. The van der Waals surface area contributed by atoms with Crippen molar-refractivity contribution in [3.8, 4) is 0 Å². The molecular weight excluding hydrogens is 400 g/mol. The lowest BCUT2D eigenvalue weighted by Crippen LogP contribution is -2.58. The average Bonchev–Trinajstić information content (AvgIpc) is 3.22. The predicted molar refractivity (Wildman–Crippen MR) is 114 cm³/mol. The van der Waals surface area contributed by atoms with Gasteiger partial charge in [0.05, 0.1) is 17.9 Å². The minimum Gasteiger partial charge on any atom is -0.472 e. The van der Waals surface area contributed by atoms with E-state index in [0.717, 1.165) is 12.8 Å². The summed E-state index contributed by atoms with van der Waals surface area (Å²) in [5, 5.41) is 2.83. The zero-order valence-electron chi connectivity index (χ0n) is 16.5. The number of hydrogen-bond acceptors (Lipinski definition) is 5. The molecule has 158 valence electrons. The van der Waals surface area contributed by atoms with Gasteiger partial charge in [0.1, 0.15) is 25.0 Å². The maximum atomic E-state index is 13.2. The zero-order chi connectivity index (χ0) is 18.9. The first-order chi connectivity index (χ1) is 12.3. The Balaban J connectivity index is 0.00000196. The second-order valence-electron chi connectivity index (χ2n) is 8.24. The highest BCUT2D eigenvalue weighted by molar-refractivity contribution is 7.59. The van der Waals surface area contributed by atoms with Gasteiger partial charge in [0, 0.05) is 6.54 Å². The summed E-state index contributed by atoms with van der Waals surface area (Å²) in [6, 6.07) is 0.327. The van der Waals surface area contributed by atoms with Gasteiger partial charge in [-0.05, 0) is 30.7 Å². The fraction of sp³-hybridized carbons (Fsp3) is 0.632. The molecule has 0 aliphatic carbocycles. The molecule has 1 N–H and O–H groups in total. The van der Waals surface area contributed by atoms with E-state index >= 15 is 0 Å². The summed E-state index contributed by atoms with van der Waals surface area (Å²) < 4.78 is 10.5. The third-order valence-corrected chi connectivity index (χ3v) is 4.83. The standard InChI is InChI=1S/C19H26N2O5.2H2S/c1-19(2,3)9-13(20-17(23)12-6-8-25-10-12)18(24)21-7-4-5-15-16(21)14(22)11-26-15;;/h6,8,10,13,15-16H,4-5,7,9,11H2,1-3H3,(H,20,23);2*1H2/t13-,15+,16+;;/m0../s1. The smallest absolute Gasteiger partial charge is 0.255 e. The van der Waals surface area contributed by atoms with Crippen molar-refractivity contribution in [2.75, 3.05) is 13.2 Å². The van der Waals surface area contributed by atoms with Crippen molar-refractivity contribution in [3.63, 3.8) is 0 Å². The molecule has 1 aromatic heterocycles. The number of likely N-dealkylation sites (tertiary alicyclic amines) is 1. The minimum absolute atomic E-state index is 0. The molecule has 0 saturated carbocycles. The molecular formula is C19H30N2O5S2. The van der Waals surface area contributed by atoms with Gasteiger partial charge in [-0.15, -0.1) is 0 Å². The highest BCUT2D eigenvalue weighted by Gasteiger charge is 2.46. The van der Waals surface area contributed by atoms with Crippen LogP contribution >= 0.6 is 27.0 Å². The number of ketones is 1. The highest BCUT2D eigenvalue weighted by Crippen LogP contribution is 2.29. The summed E-state index contributed by atoms with van der Waals surface area (Å²) >= 11 is 0. The number of furan rings is 1. The number of fused-ring (bicyclic) bond motifs is 1. The number of carbonyl (C=O) groups excluding carboxylic acids is 3. The van der Waals surface area contributed by atoms with Gasteiger partial charge >= 0.3 is 0 Å². The Kier molecular flexibility index (Phi) is 8.64. The van der Waals surface area contributed by atoms with Gasteiger partial charge < -0.3 is 19.4 Å². The van der Waals surface area contributed by atoms with E-state index in [0.29, 0.717) is 18.5 Å². The zero-order valence-corrected chi connectivity index (χ0v) is 18.5. The van der Waals surface area contributed by atoms with Crippen molar-refractivity contribution in [1.29, 1.82) is 0 Å². The topological polar surface area (TPSA) is 88.8 Å². The highest BCUT2D eigenvalue weighted by atomic mass is 32.1. The first-order valence-corrected chi connectivity index (χ1v) is 9.04. The number of nitrogens with one attached hydrogen (secondary N) is 1. The number of rotatable bonds is 4. The van der Waals surface area contributed by atoms with Gasteiger partial charge in [-0.1, -0.05) is 20.8 Å². The molecule has 2 amide bonds. The van der Waals surface area contributed by atoms with Gasteiger partial charge in [0.15, 0.2) is 5.78 Å². The van der Waals surface area contributed by atoms with Gasteiger partial charge in [0.25, 0.3) is 5.91 Å². The van der Waals surface area contributed by atoms with Gasteiger partial charge in [-0.3, -0.25) is 14.4 Å². The summed E-state index contributed by atoms with van der Waals surface area (Å²) in [7, 11) is 0. The molecule has 2 aliphatic rings. The molecule has 0 radical (unpaired) electrons. The number of nitrogens with zero attached hydrogens (tertiary/aromatic N) is 1. The molecule has 0 bridgehead atoms. The van der Waals surface area contributed by atoms with Gasteiger partial charge in [-0.25, -0.2) is 0 Å². The monoisotopic (exact) mass is 430 g/mol. The Bertz CT molecular complexity index is 687. The van der Waals surface area contributed by atoms with Crippen LogP contribution in [0.4, 0.5) is 0 Å². The molecule has 0 spiro atoms. The third kappa shape index (κ3) is 5.55. The van der Waals surface area contributed by atoms with E-state index in [4.69, 9.17) is 9.15 Å². The number of piperidine rings is 1. The molecule has 2 fully saturated rings. The predicted octanol–water partition coefficient (Wildman–Crippen LogP) is 2.00. The summed E-state index contributed by atoms with van der Waals surface area (Å²) in [6.07, 6.45) is 4.58. The van der Waals surface area contributed by atoms with E-state index in [1.165, 1.54) is 12.5 Å². The number of Topliss-reactive ketones (excluding diaryl/α,β-unsaturated/α-hetero) is 1. The maximum Gasteiger partial charge on any atom is 0.255 e. The summed E-state index contributed by atoms with van der Waals surface area (Å²) in [5.41, 5.74) is 0.198. The van der Waals surface area contributed by atoms with Crippen molar-refractivity contribution in [2.24, 2.45) is 5.41 Å². The van der Waals surface area contributed by atoms with Gasteiger partial charge in [0.2, 0.25) is 5.91 Å². The van der Waals surface area contributed by atoms with Crippen LogP contribution in [-0.4, -0.2) is 53.8 Å². The first kappa shape index (κ1) is 24.6. The largest absolute Gasteiger partial charge is 0.472 e. The van der Waals surface area contributed by atoms with Crippen LogP contribution < -0.4 is 5.32 Å². The first-order valence-electron chi connectivity index (χ1n) is 9.04. The Morgan fingerprint density at radius 1 is 1.32 bits per heavy atom. The average molecular weight is 431 g/mol. The van der Waals surface area contributed by atoms with E-state index in [-0.39, 0.29) is 62.7 Å². The van der Waals surface area contributed by atoms with Crippen LogP contribution in [-0.2, 0) is 14.3 Å². The van der Waals surface area contributed by atoms with E-state index in [1.807, 2.05) is 20.8 Å². The van der Waals surface area contributed by atoms with Crippen molar-refractivity contribution in [2.45, 2.75) is 58.2 Å². The van der Waals surface area contributed by atoms with Crippen LogP contribution in [0, 0.1) is 5.41 Å². The van der Waals surface area contributed by atoms with E-state index in [2.05, 4.69) is 5.32 Å². The number of carbonyl (C=O) groups is 3. The molecule has 3 heterocycles. The lowest BCUT2D eigenvalue weighted by atomic mass is 9.86. The number of ether oxygens (including phenoxy) is 1. The van der Waals surface area contributed by atoms with Crippen LogP contribution in [0.2, 0.25) is 0 Å². The third-order valence-electron chi connectivity index (χ3n) is 4.83. The van der Waals surface area contributed by atoms with Crippen LogP contribution in [0.15, 0.2) is 23.0 Å². The Labute approximate surface area is 179 Å². The number of hydrogen-bond donors (Lipinski definition) is 1. The van der Waals surface area contributed by atoms with E-state index in [1.54, 1.807) is 11.0 Å². The van der Waals surface area contributed by atoms with E-state index < -0.39 is 12.1 Å². The van der Waals surface area contributed by atoms with Crippen molar-refractivity contribution in [3.05, 3.63) is 24.2 Å². The quantitative estimate of drug-likeness (QED) is 0.789. The summed E-state index contributed by atoms with van der Waals surface area (Å²) in [6.45, 7) is 6.61. The molecule has 2 aliphatic heterocycles. The maximum absolute atomic E-state index is 13.2. The summed E-state index contributed by atoms with van der Waals surface area (Å²) in [4.78, 5) is 39.5. The Morgan fingerprint density at radius 2 is 2.04 bits per heavy atom. The molecule has 0 aromatic carbocycles.